The van der Waals surface area contributed by atoms with Crippen molar-refractivity contribution in [2.75, 3.05) is 12.1 Å². The highest BCUT2D eigenvalue weighted by Gasteiger charge is 2.17. The molecular weight excluding hydrogens is 304 g/mol. The molecule has 128 valence electrons. The molecule has 2 aromatic carbocycles. The quantitative estimate of drug-likeness (QED) is 0.644. The van der Waals surface area contributed by atoms with Crippen LogP contribution in [0.15, 0.2) is 36.4 Å². The summed E-state index contributed by atoms with van der Waals surface area (Å²) in [4.78, 5) is 11.7. The maximum atomic E-state index is 11.7. The molecule has 0 fully saturated rings. The number of hydrogen-bond donors (Lipinski definition) is 2. The van der Waals surface area contributed by atoms with Crippen molar-refractivity contribution >= 4 is 11.7 Å². The molecule has 0 radical (unpaired) electrons. The number of rotatable bonds is 5. The number of carbonyl (C=O) groups is 1. The predicted octanol–water partition coefficient (Wildman–Crippen LogP) is 3.98. The molecule has 0 atom stereocenters. The third-order valence-corrected chi connectivity index (χ3v) is 4.04. The summed E-state index contributed by atoms with van der Waals surface area (Å²) in [6.45, 7) is 6.31. The van der Waals surface area contributed by atoms with E-state index in [2.05, 4.69) is 18.3 Å². The Morgan fingerprint density at radius 2 is 1.96 bits per heavy atom. The molecule has 0 bridgehead atoms. The number of benzene rings is 2. The van der Waals surface area contributed by atoms with Gasteiger partial charge in [-0.1, -0.05) is 31.2 Å². The molecule has 2 aromatic rings. The lowest BCUT2D eigenvalue weighted by Gasteiger charge is -2.20. The fourth-order valence-electron chi connectivity index (χ4n) is 2.53. The first-order chi connectivity index (χ1) is 11.5. The first kappa shape index (κ1) is 17.8. The van der Waals surface area contributed by atoms with Gasteiger partial charge in [-0.05, 0) is 49.1 Å². The second kappa shape index (κ2) is 7.84. The van der Waals surface area contributed by atoms with Gasteiger partial charge < -0.3 is 10.1 Å². The number of nitrogens with one attached hydrogen (secondary N) is 1. The highest BCUT2D eigenvalue weighted by atomic mass is 16.5. The van der Waals surface area contributed by atoms with Crippen molar-refractivity contribution in [2.24, 2.45) is 0 Å². The van der Waals surface area contributed by atoms with Crippen LogP contribution in [0.25, 0.3) is 0 Å². The highest BCUT2D eigenvalue weighted by Crippen LogP contribution is 2.26. The van der Waals surface area contributed by atoms with Crippen LogP contribution in [0.3, 0.4) is 0 Å². The lowest BCUT2D eigenvalue weighted by Crippen LogP contribution is -2.36. The van der Waals surface area contributed by atoms with E-state index in [0.717, 1.165) is 28.9 Å². The van der Waals surface area contributed by atoms with Gasteiger partial charge >= 0.3 is 6.03 Å². The monoisotopic (exact) mass is 328 g/mol. The Balaban J connectivity index is 2.25. The van der Waals surface area contributed by atoms with Crippen molar-refractivity contribution in [3.63, 3.8) is 0 Å². The molecule has 0 aliphatic rings. The molecule has 0 spiro atoms. The number of hydrogen-bond acceptors (Lipinski definition) is 3. The Bertz CT molecular complexity index is 729. The maximum absolute atomic E-state index is 11.7. The van der Waals surface area contributed by atoms with Crippen LogP contribution in [-0.4, -0.2) is 18.3 Å². The van der Waals surface area contributed by atoms with Crippen LogP contribution >= 0.6 is 0 Å². The van der Waals surface area contributed by atoms with E-state index in [-0.39, 0.29) is 6.61 Å². The van der Waals surface area contributed by atoms with E-state index in [1.54, 1.807) is 12.1 Å². The Morgan fingerprint density at radius 1 is 1.21 bits per heavy atom. The minimum absolute atomic E-state index is 0.266. The number of amides is 2. The molecule has 0 aromatic heterocycles. The standard InChI is InChI=1S/C19H24N2O3/c1-5-15-9-10-18(14(3)11-15)24-12-16-13(2)7-6-8-17(16)21(23)19(22)20-4/h6-11,23H,5,12H2,1-4H3,(H,20,22). The molecule has 0 aliphatic carbocycles. The molecule has 0 aliphatic heterocycles. The van der Waals surface area contributed by atoms with Crippen LogP contribution in [0.5, 0.6) is 5.75 Å². The number of urea groups is 1. The average Bonchev–Trinajstić information content (AvgIpc) is 2.59. The van der Waals surface area contributed by atoms with Crippen molar-refractivity contribution in [1.29, 1.82) is 0 Å². The molecule has 0 saturated heterocycles. The van der Waals surface area contributed by atoms with Crippen LogP contribution in [0.2, 0.25) is 0 Å². The Kier molecular flexibility index (Phi) is 5.82. The van der Waals surface area contributed by atoms with Crippen LogP contribution in [0.4, 0.5) is 10.5 Å². The topological polar surface area (TPSA) is 61.8 Å². The molecule has 5 heteroatoms. The fraction of sp³-hybridized carbons (Fsp3) is 0.316. The van der Waals surface area contributed by atoms with Crippen LogP contribution in [0.1, 0.15) is 29.2 Å². The van der Waals surface area contributed by atoms with E-state index < -0.39 is 6.03 Å². The summed E-state index contributed by atoms with van der Waals surface area (Å²) in [5, 5.41) is 13.1. The molecule has 2 N–H and O–H groups in total. The van der Waals surface area contributed by atoms with E-state index in [0.29, 0.717) is 10.8 Å². The molecule has 2 rings (SSSR count). The Morgan fingerprint density at radius 3 is 2.58 bits per heavy atom. The largest absolute Gasteiger partial charge is 0.489 e. The normalized spacial score (nSPS) is 10.4. The second-order valence-electron chi connectivity index (χ2n) is 5.68. The third-order valence-electron chi connectivity index (χ3n) is 4.04. The van der Waals surface area contributed by atoms with Gasteiger partial charge in [-0.3, -0.25) is 5.21 Å². The zero-order valence-electron chi connectivity index (χ0n) is 14.6. The summed E-state index contributed by atoms with van der Waals surface area (Å²) >= 11 is 0. The molecule has 5 nitrogen and oxygen atoms in total. The smallest absolute Gasteiger partial charge is 0.345 e. The summed E-state index contributed by atoms with van der Waals surface area (Å²) < 4.78 is 5.94. The van der Waals surface area contributed by atoms with E-state index in [1.165, 1.54) is 12.6 Å². The number of carbonyl (C=O) groups excluding carboxylic acids is 1. The van der Waals surface area contributed by atoms with E-state index >= 15 is 0 Å². The Labute approximate surface area is 142 Å². The highest BCUT2D eigenvalue weighted by molar-refractivity contribution is 5.90. The van der Waals surface area contributed by atoms with Gasteiger partial charge in [0.1, 0.15) is 12.4 Å². The number of ether oxygens (including phenoxy) is 1. The molecule has 24 heavy (non-hydrogen) atoms. The zero-order valence-corrected chi connectivity index (χ0v) is 14.6. The lowest BCUT2D eigenvalue weighted by atomic mass is 10.1. The maximum Gasteiger partial charge on any atom is 0.345 e. The molecule has 0 unspecified atom stereocenters. The van der Waals surface area contributed by atoms with E-state index in [9.17, 15) is 10.0 Å². The van der Waals surface area contributed by atoms with Gasteiger partial charge in [0.05, 0.1) is 5.69 Å². The molecule has 0 heterocycles. The van der Waals surface area contributed by atoms with Gasteiger partial charge in [0.15, 0.2) is 0 Å². The average molecular weight is 328 g/mol. The van der Waals surface area contributed by atoms with Crippen LogP contribution < -0.4 is 15.1 Å². The van der Waals surface area contributed by atoms with Crippen molar-refractivity contribution in [1.82, 2.24) is 5.32 Å². The van der Waals surface area contributed by atoms with Crippen LogP contribution in [-0.2, 0) is 13.0 Å². The number of anilines is 1. The third kappa shape index (κ3) is 3.86. The summed E-state index contributed by atoms with van der Waals surface area (Å²) in [6.07, 6.45) is 0.981. The van der Waals surface area contributed by atoms with Crippen molar-refractivity contribution in [2.45, 2.75) is 33.8 Å². The summed E-state index contributed by atoms with van der Waals surface area (Å²) in [6, 6.07) is 10.9. The van der Waals surface area contributed by atoms with Crippen molar-refractivity contribution < 1.29 is 14.7 Å². The minimum atomic E-state index is -0.592. The van der Waals surface area contributed by atoms with Gasteiger partial charge in [-0.25, -0.2) is 4.79 Å². The summed E-state index contributed by atoms with van der Waals surface area (Å²) in [7, 11) is 1.47. The Hall–Kier alpha value is -2.53. The molecule has 2 amide bonds. The fourth-order valence-corrected chi connectivity index (χ4v) is 2.53. The zero-order chi connectivity index (χ0) is 17.7. The second-order valence-corrected chi connectivity index (χ2v) is 5.68. The van der Waals surface area contributed by atoms with Gasteiger partial charge in [-0.2, -0.15) is 5.06 Å². The van der Waals surface area contributed by atoms with Gasteiger partial charge in [-0.15, -0.1) is 0 Å². The number of aryl methyl sites for hydroxylation is 3. The lowest BCUT2D eigenvalue weighted by molar-refractivity contribution is 0.205. The molecular formula is C19H24N2O3. The SMILES string of the molecule is CCc1ccc(OCc2c(C)cccc2N(O)C(=O)NC)c(C)c1. The summed E-state index contributed by atoms with van der Waals surface area (Å²) in [5.41, 5.74) is 4.45. The number of nitrogens with zero attached hydrogens (tertiary/aromatic N) is 1. The molecule has 0 saturated carbocycles. The van der Waals surface area contributed by atoms with Gasteiger partial charge in [0.25, 0.3) is 0 Å². The minimum Gasteiger partial charge on any atom is -0.489 e. The van der Waals surface area contributed by atoms with Crippen molar-refractivity contribution in [3.05, 3.63) is 58.7 Å². The van der Waals surface area contributed by atoms with E-state index in [1.807, 2.05) is 32.0 Å². The van der Waals surface area contributed by atoms with Gasteiger partial charge in [0, 0.05) is 12.6 Å². The van der Waals surface area contributed by atoms with Crippen molar-refractivity contribution in [3.8, 4) is 5.75 Å². The van der Waals surface area contributed by atoms with Gasteiger partial charge in [0.2, 0.25) is 0 Å². The first-order valence-electron chi connectivity index (χ1n) is 7.99. The first-order valence-corrected chi connectivity index (χ1v) is 7.99. The predicted molar refractivity (Wildman–Crippen MR) is 94.8 cm³/mol. The van der Waals surface area contributed by atoms with E-state index in [4.69, 9.17) is 4.74 Å². The van der Waals surface area contributed by atoms with Crippen LogP contribution in [0, 0.1) is 13.8 Å². The summed E-state index contributed by atoms with van der Waals surface area (Å²) in [5.74, 6) is 0.797. The number of hydroxylamine groups is 1.